The Morgan fingerprint density at radius 1 is 1.29 bits per heavy atom. The first kappa shape index (κ1) is 10.8. The van der Waals surface area contributed by atoms with Gasteiger partial charge in [0.2, 0.25) is 0 Å². The van der Waals surface area contributed by atoms with Gasteiger partial charge in [-0.3, -0.25) is 9.36 Å². The van der Waals surface area contributed by atoms with E-state index in [0.29, 0.717) is 10.9 Å². The third-order valence-corrected chi connectivity index (χ3v) is 3.82. The minimum absolute atomic E-state index is 0.0827. The van der Waals surface area contributed by atoms with E-state index in [1.165, 1.54) is 4.57 Å². The van der Waals surface area contributed by atoms with Crippen LogP contribution in [0.2, 0.25) is 0 Å². The Balaban J connectivity index is 2.35. The molecule has 1 fully saturated rings. The Morgan fingerprint density at radius 2 is 2.06 bits per heavy atom. The minimum Gasteiger partial charge on any atom is -0.307 e. The van der Waals surface area contributed by atoms with E-state index in [2.05, 4.69) is 20.9 Å². The van der Waals surface area contributed by atoms with E-state index >= 15 is 0 Å². The SMILES string of the molecule is O=c1[nH]c2cc(Br)ccc2c(=O)n1C1CCC1. The van der Waals surface area contributed by atoms with Crippen molar-refractivity contribution in [1.29, 1.82) is 0 Å². The maximum atomic E-state index is 12.2. The van der Waals surface area contributed by atoms with Crippen molar-refractivity contribution in [2.45, 2.75) is 25.3 Å². The molecule has 1 heterocycles. The highest BCUT2D eigenvalue weighted by Gasteiger charge is 2.23. The fourth-order valence-electron chi connectivity index (χ4n) is 2.18. The van der Waals surface area contributed by atoms with Crippen molar-refractivity contribution in [3.05, 3.63) is 43.5 Å². The highest BCUT2D eigenvalue weighted by atomic mass is 79.9. The van der Waals surface area contributed by atoms with E-state index in [-0.39, 0.29) is 17.3 Å². The zero-order valence-electron chi connectivity index (χ0n) is 9.07. The van der Waals surface area contributed by atoms with Crippen LogP contribution in [0.25, 0.3) is 10.9 Å². The van der Waals surface area contributed by atoms with Crippen LogP contribution in [0, 0.1) is 0 Å². The summed E-state index contributed by atoms with van der Waals surface area (Å²) in [5, 5.41) is 0.569. The molecule has 0 amide bonds. The molecule has 1 aromatic heterocycles. The molecule has 0 aliphatic heterocycles. The van der Waals surface area contributed by atoms with Crippen molar-refractivity contribution in [2.75, 3.05) is 0 Å². The molecule has 1 aliphatic rings. The number of H-pyrrole nitrogens is 1. The predicted octanol–water partition coefficient (Wildman–Crippen LogP) is 2.18. The molecule has 1 aromatic carbocycles. The standard InChI is InChI=1S/C12H11BrN2O2/c13-7-4-5-9-10(6-7)14-12(17)15(11(9)16)8-2-1-3-8/h4-6,8H,1-3H2,(H,14,17). The van der Waals surface area contributed by atoms with Gasteiger partial charge in [-0.15, -0.1) is 0 Å². The molecular weight excluding hydrogens is 284 g/mol. The van der Waals surface area contributed by atoms with Crippen LogP contribution in [0.5, 0.6) is 0 Å². The van der Waals surface area contributed by atoms with E-state index in [1.54, 1.807) is 12.1 Å². The summed E-state index contributed by atoms with van der Waals surface area (Å²) in [6.45, 7) is 0. The van der Waals surface area contributed by atoms with Gasteiger partial charge >= 0.3 is 5.69 Å². The predicted molar refractivity (Wildman–Crippen MR) is 69.4 cm³/mol. The number of nitrogens with one attached hydrogen (secondary N) is 1. The van der Waals surface area contributed by atoms with Gasteiger partial charge in [0.05, 0.1) is 10.9 Å². The van der Waals surface area contributed by atoms with Crippen LogP contribution < -0.4 is 11.2 Å². The van der Waals surface area contributed by atoms with E-state index in [9.17, 15) is 9.59 Å². The van der Waals surface area contributed by atoms with Crippen molar-refractivity contribution < 1.29 is 0 Å². The van der Waals surface area contributed by atoms with E-state index < -0.39 is 0 Å². The molecule has 5 heteroatoms. The second kappa shape index (κ2) is 3.84. The van der Waals surface area contributed by atoms with Crippen molar-refractivity contribution in [3.8, 4) is 0 Å². The van der Waals surface area contributed by atoms with Gasteiger partial charge in [-0.05, 0) is 37.5 Å². The van der Waals surface area contributed by atoms with Crippen LogP contribution in [0.3, 0.4) is 0 Å². The van der Waals surface area contributed by atoms with Gasteiger partial charge in [0.15, 0.2) is 0 Å². The summed E-state index contributed by atoms with van der Waals surface area (Å²) < 4.78 is 2.21. The number of fused-ring (bicyclic) bond motifs is 1. The third kappa shape index (κ3) is 1.65. The van der Waals surface area contributed by atoms with E-state index in [1.807, 2.05) is 6.07 Å². The van der Waals surface area contributed by atoms with Crippen molar-refractivity contribution in [2.24, 2.45) is 0 Å². The summed E-state index contributed by atoms with van der Waals surface area (Å²) in [6.07, 6.45) is 2.94. The lowest BCUT2D eigenvalue weighted by atomic mass is 9.93. The van der Waals surface area contributed by atoms with Crippen molar-refractivity contribution >= 4 is 26.8 Å². The number of nitrogens with zero attached hydrogens (tertiary/aromatic N) is 1. The molecule has 0 atom stereocenters. The van der Waals surface area contributed by atoms with Crippen LogP contribution >= 0.6 is 15.9 Å². The smallest absolute Gasteiger partial charge is 0.307 e. The molecule has 1 N–H and O–H groups in total. The number of aromatic amines is 1. The number of halogens is 1. The highest BCUT2D eigenvalue weighted by Crippen LogP contribution is 2.29. The molecule has 4 nitrogen and oxygen atoms in total. The Morgan fingerprint density at radius 3 is 2.71 bits per heavy atom. The largest absolute Gasteiger partial charge is 0.329 e. The second-order valence-electron chi connectivity index (χ2n) is 4.38. The Hall–Kier alpha value is -1.36. The number of hydrogen-bond acceptors (Lipinski definition) is 2. The number of rotatable bonds is 1. The lowest BCUT2D eigenvalue weighted by Gasteiger charge is -2.26. The number of benzene rings is 1. The number of aromatic nitrogens is 2. The van der Waals surface area contributed by atoms with Gasteiger partial charge in [0, 0.05) is 10.5 Å². The van der Waals surface area contributed by atoms with E-state index in [4.69, 9.17) is 0 Å². The number of hydrogen-bond donors (Lipinski definition) is 1. The average molecular weight is 295 g/mol. The summed E-state index contributed by atoms with van der Waals surface area (Å²) in [7, 11) is 0. The first-order valence-corrected chi connectivity index (χ1v) is 6.40. The molecule has 88 valence electrons. The molecule has 3 rings (SSSR count). The fraction of sp³-hybridized carbons (Fsp3) is 0.333. The maximum absolute atomic E-state index is 12.2. The van der Waals surface area contributed by atoms with E-state index in [0.717, 1.165) is 23.7 Å². The molecule has 1 aliphatic carbocycles. The minimum atomic E-state index is -0.301. The molecule has 1 saturated carbocycles. The van der Waals surface area contributed by atoms with Crippen LogP contribution in [0.1, 0.15) is 25.3 Å². The zero-order chi connectivity index (χ0) is 12.0. The lowest BCUT2D eigenvalue weighted by molar-refractivity contribution is 0.298. The molecule has 0 spiro atoms. The lowest BCUT2D eigenvalue weighted by Crippen LogP contribution is -2.40. The maximum Gasteiger partial charge on any atom is 0.329 e. The normalized spacial score (nSPS) is 16.1. The molecular formula is C12H11BrN2O2. The van der Waals surface area contributed by atoms with Crippen LogP contribution in [-0.4, -0.2) is 9.55 Å². The molecule has 17 heavy (non-hydrogen) atoms. The second-order valence-corrected chi connectivity index (χ2v) is 5.30. The van der Waals surface area contributed by atoms with Crippen molar-refractivity contribution in [3.63, 3.8) is 0 Å². The Labute approximate surface area is 105 Å². The molecule has 0 bridgehead atoms. The summed E-state index contributed by atoms with van der Waals surface area (Å²) in [5.41, 5.74) is 0.108. The van der Waals surface area contributed by atoms with Gasteiger partial charge in [0.1, 0.15) is 0 Å². The zero-order valence-corrected chi connectivity index (χ0v) is 10.7. The Bertz CT molecular complexity index is 698. The van der Waals surface area contributed by atoms with Gasteiger partial charge < -0.3 is 4.98 Å². The third-order valence-electron chi connectivity index (χ3n) is 3.33. The van der Waals surface area contributed by atoms with Crippen LogP contribution in [0.15, 0.2) is 32.3 Å². The van der Waals surface area contributed by atoms with Crippen LogP contribution in [0.4, 0.5) is 0 Å². The monoisotopic (exact) mass is 294 g/mol. The average Bonchev–Trinajstić information content (AvgIpc) is 2.20. The van der Waals surface area contributed by atoms with Crippen molar-refractivity contribution in [1.82, 2.24) is 9.55 Å². The molecule has 0 saturated heterocycles. The summed E-state index contributed by atoms with van der Waals surface area (Å²) in [5.74, 6) is 0. The first-order valence-electron chi connectivity index (χ1n) is 5.61. The summed E-state index contributed by atoms with van der Waals surface area (Å²) >= 11 is 3.32. The van der Waals surface area contributed by atoms with Gasteiger partial charge in [-0.2, -0.15) is 0 Å². The highest BCUT2D eigenvalue weighted by molar-refractivity contribution is 9.10. The quantitative estimate of drug-likeness (QED) is 0.876. The summed E-state index contributed by atoms with van der Waals surface area (Å²) in [4.78, 5) is 26.9. The van der Waals surface area contributed by atoms with Gasteiger partial charge in [-0.1, -0.05) is 15.9 Å². The molecule has 0 radical (unpaired) electrons. The van der Waals surface area contributed by atoms with Gasteiger partial charge in [0.25, 0.3) is 5.56 Å². The van der Waals surface area contributed by atoms with Crippen LogP contribution in [-0.2, 0) is 0 Å². The summed E-state index contributed by atoms with van der Waals surface area (Å²) in [6, 6.07) is 5.39. The van der Waals surface area contributed by atoms with Gasteiger partial charge in [-0.25, -0.2) is 4.79 Å². The fourth-order valence-corrected chi connectivity index (χ4v) is 2.54. The molecule has 0 unspecified atom stereocenters. The topological polar surface area (TPSA) is 54.9 Å². The first-order chi connectivity index (χ1) is 8.16. The molecule has 2 aromatic rings. The Kier molecular flexibility index (Phi) is 2.43.